The molecular weight excluding hydrogens is 293 g/mol. The van der Waals surface area contributed by atoms with Gasteiger partial charge in [-0.05, 0) is 0 Å². The Labute approximate surface area is 126 Å². The molecule has 0 saturated heterocycles. The second kappa shape index (κ2) is 5.13. The van der Waals surface area contributed by atoms with Gasteiger partial charge in [-0.15, -0.1) is 0 Å². The van der Waals surface area contributed by atoms with E-state index in [1.54, 1.807) is 15.6 Å². The first-order valence-corrected chi connectivity index (χ1v) is 18.2. The van der Waals surface area contributed by atoms with Crippen molar-refractivity contribution in [2.75, 3.05) is 0 Å². The van der Waals surface area contributed by atoms with Crippen LogP contribution in [-0.2, 0) is 0 Å². The van der Waals surface area contributed by atoms with Gasteiger partial charge in [0.1, 0.15) is 0 Å². The van der Waals surface area contributed by atoms with Crippen molar-refractivity contribution in [3.63, 3.8) is 0 Å². The van der Waals surface area contributed by atoms with Crippen LogP contribution in [0.25, 0.3) is 0 Å². The van der Waals surface area contributed by atoms with Crippen LogP contribution in [0.5, 0.6) is 0 Å². The van der Waals surface area contributed by atoms with E-state index in [0.29, 0.717) is 0 Å². The van der Waals surface area contributed by atoms with Gasteiger partial charge in [0, 0.05) is 0 Å². The average molecular weight is 322 g/mol. The predicted octanol–water partition coefficient (Wildman–Crippen LogP) is 2.12. The third kappa shape index (κ3) is 3.80. The molecule has 0 spiro atoms. The summed E-state index contributed by atoms with van der Waals surface area (Å²) < 4.78 is 0. The Bertz CT molecular complexity index is 471. The molecule has 0 aliphatic rings. The van der Waals surface area contributed by atoms with E-state index in [1.165, 1.54) is 5.19 Å². The molecule has 0 saturated carbocycles. The van der Waals surface area contributed by atoms with E-state index in [0.717, 1.165) is 0 Å². The smallest absolute Gasteiger partial charge is 0.0689 e. The van der Waals surface area contributed by atoms with Crippen molar-refractivity contribution in [3.05, 3.63) is 12.1 Å². The molecule has 0 aromatic heterocycles. The van der Waals surface area contributed by atoms with Crippen molar-refractivity contribution in [2.24, 2.45) is 0 Å². The van der Waals surface area contributed by atoms with Crippen LogP contribution in [0.3, 0.4) is 0 Å². The quantitative estimate of drug-likeness (QED) is 0.748. The van der Waals surface area contributed by atoms with Crippen LogP contribution >= 0.6 is 0 Å². The average Bonchev–Trinajstić information content (AvgIpc) is 2.11. The van der Waals surface area contributed by atoms with Crippen molar-refractivity contribution in [2.45, 2.75) is 58.9 Å². The summed E-state index contributed by atoms with van der Waals surface area (Å²) in [6.07, 6.45) is 0. The highest BCUT2D eigenvalue weighted by atomic mass is 28.3. The number of rotatable bonds is 3. The van der Waals surface area contributed by atoms with E-state index in [-0.39, 0.29) is 0 Å². The molecule has 3 radical (unpaired) electrons. The van der Waals surface area contributed by atoms with Crippen molar-refractivity contribution in [1.82, 2.24) is 0 Å². The Morgan fingerprint density at radius 2 is 1.00 bits per heavy atom. The Morgan fingerprint density at radius 1 is 0.632 bits per heavy atom. The Morgan fingerprint density at radius 3 is 1.32 bits per heavy atom. The Kier molecular flexibility index (Phi) is 4.63. The van der Waals surface area contributed by atoms with Gasteiger partial charge < -0.3 is 0 Å². The van der Waals surface area contributed by atoms with Gasteiger partial charge in [-0.1, -0.05) is 91.8 Å². The van der Waals surface area contributed by atoms with Gasteiger partial charge in [-0.2, -0.15) is 0 Å². The van der Waals surface area contributed by atoms with Crippen LogP contribution in [0, 0.1) is 0 Å². The summed E-state index contributed by atoms with van der Waals surface area (Å²) in [6, 6.07) is 4.86. The second-order valence-electron chi connectivity index (χ2n) is 8.66. The lowest BCUT2D eigenvalue weighted by Crippen LogP contribution is -2.67. The van der Waals surface area contributed by atoms with Gasteiger partial charge in [0.15, 0.2) is 0 Å². The minimum Gasteiger partial charge on any atom is -0.0689 e. The molecule has 1 aromatic rings. The first-order valence-electron chi connectivity index (χ1n) is 7.16. The third-order valence-corrected chi connectivity index (χ3v) is 10.9. The van der Waals surface area contributed by atoms with Gasteiger partial charge in [0.2, 0.25) is 0 Å². The SMILES string of the molecule is C[Si](C)(C)c1ccc([Si](C)(C)C)c([Si](C)(C)C)c1[Si]. The molecule has 0 bridgehead atoms. The minimum absolute atomic E-state index is 1.28. The summed E-state index contributed by atoms with van der Waals surface area (Å²) in [5.41, 5.74) is 0. The van der Waals surface area contributed by atoms with Crippen molar-refractivity contribution in [1.29, 1.82) is 0 Å². The standard InChI is InChI=1S/C15H29Si4/c1-17(2,3)12-10-11-13(18(4,5)6)15(14(12)16)19(7,8)9/h10-11H,1-9H3. The fraction of sp³-hybridized carbons (Fsp3) is 0.600. The van der Waals surface area contributed by atoms with Gasteiger partial charge in [0.25, 0.3) is 0 Å². The maximum absolute atomic E-state index is 4.05. The molecule has 1 aromatic carbocycles. The number of hydrogen-bond acceptors (Lipinski definition) is 0. The van der Waals surface area contributed by atoms with Crippen LogP contribution in [0.15, 0.2) is 12.1 Å². The van der Waals surface area contributed by atoms with Gasteiger partial charge in [-0.3, -0.25) is 0 Å². The summed E-state index contributed by atoms with van der Waals surface area (Å²) in [4.78, 5) is 0. The first kappa shape index (κ1) is 17.1. The molecular formula is C15H29Si4. The number of benzene rings is 1. The van der Waals surface area contributed by atoms with Crippen LogP contribution in [-0.4, -0.2) is 34.5 Å². The fourth-order valence-electron chi connectivity index (χ4n) is 2.63. The van der Waals surface area contributed by atoms with Crippen LogP contribution in [0.2, 0.25) is 58.9 Å². The molecule has 0 atom stereocenters. The summed E-state index contributed by atoms with van der Waals surface area (Å²) in [5.74, 6) is 0. The molecule has 0 amide bonds. The highest BCUT2D eigenvalue weighted by molar-refractivity contribution is 7.02. The maximum atomic E-state index is 4.05. The van der Waals surface area contributed by atoms with Crippen LogP contribution < -0.4 is 20.7 Å². The first-order chi connectivity index (χ1) is 8.26. The van der Waals surface area contributed by atoms with Crippen molar-refractivity contribution >= 4 is 55.2 Å². The van der Waals surface area contributed by atoms with Crippen molar-refractivity contribution in [3.8, 4) is 0 Å². The van der Waals surface area contributed by atoms with E-state index in [2.05, 4.69) is 81.3 Å². The summed E-state index contributed by atoms with van der Waals surface area (Å²) in [6.45, 7) is 22.1. The molecule has 105 valence electrons. The second-order valence-corrected chi connectivity index (χ2v) is 24.2. The Hall–Kier alpha value is 0.0875. The summed E-state index contributed by atoms with van der Waals surface area (Å²) >= 11 is 0. The molecule has 0 heterocycles. The van der Waals surface area contributed by atoms with Crippen molar-refractivity contribution < 1.29 is 0 Å². The molecule has 0 unspecified atom stereocenters. The predicted molar refractivity (Wildman–Crippen MR) is 101 cm³/mol. The highest BCUT2D eigenvalue weighted by Gasteiger charge is 2.31. The van der Waals surface area contributed by atoms with E-state index < -0.39 is 24.2 Å². The molecule has 19 heavy (non-hydrogen) atoms. The van der Waals surface area contributed by atoms with Crippen LogP contribution in [0.1, 0.15) is 0 Å². The lowest BCUT2D eigenvalue weighted by molar-refractivity contribution is 1.68. The van der Waals surface area contributed by atoms with Crippen LogP contribution in [0.4, 0.5) is 0 Å². The molecule has 0 aliphatic heterocycles. The zero-order chi connectivity index (χ0) is 15.2. The monoisotopic (exact) mass is 321 g/mol. The van der Waals surface area contributed by atoms with E-state index in [4.69, 9.17) is 0 Å². The molecule has 0 aliphatic carbocycles. The summed E-state index contributed by atoms with van der Waals surface area (Å²) in [5, 5.41) is 6.38. The lowest BCUT2D eigenvalue weighted by Gasteiger charge is -2.33. The van der Waals surface area contributed by atoms with Gasteiger partial charge in [0.05, 0.1) is 34.5 Å². The Balaban J connectivity index is 3.71. The van der Waals surface area contributed by atoms with Gasteiger partial charge >= 0.3 is 0 Å². The lowest BCUT2D eigenvalue weighted by atomic mass is 10.3. The topological polar surface area (TPSA) is 0 Å². The van der Waals surface area contributed by atoms with Gasteiger partial charge in [-0.25, -0.2) is 0 Å². The molecule has 1 rings (SSSR count). The summed E-state index contributed by atoms with van der Waals surface area (Å²) in [7, 11) is 0.150. The van der Waals surface area contributed by atoms with E-state index in [9.17, 15) is 0 Å². The molecule has 4 heteroatoms. The normalized spacial score (nSPS) is 13.8. The third-order valence-electron chi connectivity index (χ3n) is 3.57. The molecule has 0 nitrogen and oxygen atoms in total. The zero-order valence-corrected chi connectivity index (χ0v) is 18.2. The molecule has 0 N–H and O–H groups in total. The van der Waals surface area contributed by atoms with E-state index in [1.807, 2.05) is 0 Å². The maximum Gasteiger partial charge on any atom is 0.0774 e. The molecule has 0 fully saturated rings. The fourth-order valence-corrected chi connectivity index (χ4v) is 12.3. The largest absolute Gasteiger partial charge is 0.0774 e. The van der Waals surface area contributed by atoms with E-state index >= 15 is 0 Å². The zero-order valence-electron chi connectivity index (χ0n) is 14.2. The highest BCUT2D eigenvalue weighted by Crippen LogP contribution is 2.07. The number of hydrogen-bond donors (Lipinski definition) is 0. The minimum atomic E-state index is -1.33.